The van der Waals surface area contributed by atoms with Gasteiger partial charge in [-0.3, -0.25) is 0 Å². The van der Waals surface area contributed by atoms with Gasteiger partial charge in [0.15, 0.2) is 0 Å². The number of aryl methyl sites for hydroxylation is 1. The first-order valence-corrected chi connectivity index (χ1v) is 8.70. The lowest BCUT2D eigenvalue weighted by atomic mass is 10.3. The SMILES string of the molecule is ClCCc1ccc(-c2ccc(-c3cccs3)s2)s1. The zero-order valence-corrected chi connectivity index (χ0v) is 12.8. The van der Waals surface area contributed by atoms with Gasteiger partial charge < -0.3 is 0 Å². The third-order valence-corrected chi connectivity index (χ3v) is 6.30. The smallest absolute Gasteiger partial charge is 0.0449 e. The maximum Gasteiger partial charge on any atom is 0.0449 e. The number of hydrogen-bond acceptors (Lipinski definition) is 3. The Morgan fingerprint density at radius 2 is 1.56 bits per heavy atom. The fourth-order valence-corrected chi connectivity index (χ4v) is 5.01. The van der Waals surface area contributed by atoms with Gasteiger partial charge in [0, 0.05) is 30.3 Å². The molecule has 0 saturated heterocycles. The molecule has 0 atom stereocenters. The maximum absolute atomic E-state index is 5.77. The van der Waals surface area contributed by atoms with E-state index in [1.165, 1.54) is 24.4 Å². The van der Waals surface area contributed by atoms with Crippen LogP contribution in [0, 0.1) is 0 Å². The standard InChI is InChI=1S/C14H11ClS3/c15-8-7-10-3-4-13(17-10)14-6-5-12(18-14)11-2-1-9-16-11/h1-6,9H,7-8H2. The zero-order chi connectivity index (χ0) is 12.4. The van der Waals surface area contributed by atoms with E-state index in [0.717, 1.165) is 6.42 Å². The summed E-state index contributed by atoms with van der Waals surface area (Å²) in [5.74, 6) is 0.699. The highest BCUT2D eigenvalue weighted by molar-refractivity contribution is 7.26. The Morgan fingerprint density at radius 3 is 2.28 bits per heavy atom. The summed E-state index contributed by atoms with van der Waals surface area (Å²) < 4.78 is 0. The summed E-state index contributed by atoms with van der Waals surface area (Å²) in [7, 11) is 0. The van der Waals surface area contributed by atoms with Crippen molar-refractivity contribution >= 4 is 45.6 Å². The van der Waals surface area contributed by atoms with Crippen molar-refractivity contribution in [2.75, 3.05) is 5.88 Å². The minimum Gasteiger partial charge on any atom is -0.143 e. The molecule has 3 heterocycles. The predicted molar refractivity (Wildman–Crippen MR) is 85.4 cm³/mol. The van der Waals surface area contributed by atoms with Crippen LogP contribution in [0.25, 0.3) is 19.5 Å². The first kappa shape index (κ1) is 12.4. The van der Waals surface area contributed by atoms with Gasteiger partial charge in [-0.2, -0.15) is 0 Å². The monoisotopic (exact) mass is 310 g/mol. The number of thiophene rings is 3. The van der Waals surface area contributed by atoms with E-state index in [1.54, 1.807) is 11.3 Å². The van der Waals surface area contributed by atoms with Crippen LogP contribution < -0.4 is 0 Å². The van der Waals surface area contributed by atoms with Gasteiger partial charge in [0.2, 0.25) is 0 Å². The summed E-state index contributed by atoms with van der Waals surface area (Å²) in [4.78, 5) is 6.77. The normalized spacial score (nSPS) is 10.9. The number of alkyl halides is 1. The third kappa shape index (κ3) is 2.54. The third-order valence-electron chi connectivity index (χ3n) is 2.62. The maximum atomic E-state index is 5.77. The van der Waals surface area contributed by atoms with E-state index in [1.807, 2.05) is 22.7 Å². The second-order valence-electron chi connectivity index (χ2n) is 3.85. The molecular formula is C14H11ClS3. The van der Waals surface area contributed by atoms with Crippen molar-refractivity contribution in [1.29, 1.82) is 0 Å². The Bertz CT molecular complexity index is 619. The molecule has 0 N–H and O–H groups in total. The number of rotatable bonds is 4. The van der Waals surface area contributed by atoms with Gasteiger partial charge in [-0.1, -0.05) is 6.07 Å². The molecule has 0 nitrogen and oxygen atoms in total. The van der Waals surface area contributed by atoms with Gasteiger partial charge in [0.25, 0.3) is 0 Å². The van der Waals surface area contributed by atoms with Gasteiger partial charge in [-0.15, -0.1) is 45.6 Å². The zero-order valence-electron chi connectivity index (χ0n) is 9.56. The Kier molecular flexibility index (Phi) is 3.85. The van der Waals surface area contributed by atoms with E-state index in [9.17, 15) is 0 Å². The molecule has 3 aromatic rings. The Balaban J connectivity index is 1.88. The Hall–Kier alpha value is -0.610. The number of hydrogen-bond donors (Lipinski definition) is 0. The lowest BCUT2D eigenvalue weighted by molar-refractivity contribution is 1.20. The lowest BCUT2D eigenvalue weighted by Gasteiger charge is -1.91. The molecule has 0 aromatic carbocycles. The van der Waals surface area contributed by atoms with Crippen molar-refractivity contribution < 1.29 is 0 Å². The van der Waals surface area contributed by atoms with Gasteiger partial charge >= 0.3 is 0 Å². The second-order valence-corrected chi connectivity index (χ2v) is 7.42. The molecule has 0 spiro atoms. The molecule has 0 fully saturated rings. The quantitative estimate of drug-likeness (QED) is 0.519. The van der Waals surface area contributed by atoms with Crippen molar-refractivity contribution in [3.05, 3.63) is 46.7 Å². The molecule has 0 saturated carbocycles. The van der Waals surface area contributed by atoms with Crippen molar-refractivity contribution in [3.8, 4) is 19.5 Å². The van der Waals surface area contributed by atoms with Crippen LogP contribution >= 0.6 is 45.6 Å². The summed E-state index contributed by atoms with van der Waals surface area (Å²) in [6.07, 6.45) is 0.968. The van der Waals surface area contributed by atoms with E-state index in [0.29, 0.717) is 5.88 Å². The highest BCUT2D eigenvalue weighted by atomic mass is 35.5. The Labute approximate surface area is 123 Å². The molecule has 92 valence electrons. The molecule has 0 bridgehead atoms. The molecule has 3 aromatic heterocycles. The molecule has 0 unspecified atom stereocenters. The van der Waals surface area contributed by atoms with Crippen molar-refractivity contribution in [3.63, 3.8) is 0 Å². The van der Waals surface area contributed by atoms with Crippen LogP contribution in [0.1, 0.15) is 4.88 Å². The molecular weight excluding hydrogens is 300 g/mol. The number of halogens is 1. The fraction of sp³-hybridized carbons (Fsp3) is 0.143. The Morgan fingerprint density at radius 1 is 0.833 bits per heavy atom. The van der Waals surface area contributed by atoms with Crippen molar-refractivity contribution in [1.82, 2.24) is 0 Å². The molecule has 18 heavy (non-hydrogen) atoms. The molecule has 0 amide bonds. The predicted octanol–water partition coefficient (Wildman–Crippen LogP) is 5.99. The highest BCUT2D eigenvalue weighted by Crippen LogP contribution is 2.39. The fourth-order valence-electron chi connectivity index (χ4n) is 1.76. The average molecular weight is 311 g/mol. The van der Waals surface area contributed by atoms with Crippen LogP contribution in [0.5, 0.6) is 0 Å². The van der Waals surface area contributed by atoms with E-state index in [2.05, 4.69) is 41.8 Å². The molecule has 0 aliphatic rings. The van der Waals surface area contributed by atoms with Crippen LogP contribution in [0.2, 0.25) is 0 Å². The summed E-state index contributed by atoms with van der Waals surface area (Å²) in [5, 5.41) is 2.12. The minimum atomic E-state index is 0.699. The summed E-state index contributed by atoms with van der Waals surface area (Å²) in [5.41, 5.74) is 0. The van der Waals surface area contributed by atoms with E-state index < -0.39 is 0 Å². The van der Waals surface area contributed by atoms with Gasteiger partial charge in [0.1, 0.15) is 0 Å². The van der Waals surface area contributed by atoms with Crippen LogP contribution in [0.3, 0.4) is 0 Å². The largest absolute Gasteiger partial charge is 0.143 e. The van der Waals surface area contributed by atoms with E-state index in [4.69, 9.17) is 11.6 Å². The van der Waals surface area contributed by atoms with Crippen molar-refractivity contribution in [2.24, 2.45) is 0 Å². The van der Waals surface area contributed by atoms with Gasteiger partial charge in [-0.05, 0) is 42.1 Å². The molecule has 4 heteroatoms. The van der Waals surface area contributed by atoms with Crippen LogP contribution in [-0.2, 0) is 6.42 Å². The molecule has 0 aliphatic heterocycles. The average Bonchev–Trinajstić information content (AvgIpc) is 3.10. The lowest BCUT2D eigenvalue weighted by Crippen LogP contribution is -1.76. The van der Waals surface area contributed by atoms with E-state index >= 15 is 0 Å². The second kappa shape index (κ2) is 5.57. The molecule has 0 aliphatic carbocycles. The van der Waals surface area contributed by atoms with Gasteiger partial charge in [-0.25, -0.2) is 0 Å². The van der Waals surface area contributed by atoms with Crippen molar-refractivity contribution in [2.45, 2.75) is 6.42 Å². The van der Waals surface area contributed by atoms with Gasteiger partial charge in [0.05, 0.1) is 0 Å². The van der Waals surface area contributed by atoms with Crippen LogP contribution in [-0.4, -0.2) is 5.88 Å². The van der Waals surface area contributed by atoms with Crippen LogP contribution in [0.4, 0.5) is 0 Å². The highest BCUT2D eigenvalue weighted by Gasteiger charge is 2.08. The first-order valence-electron chi connectivity index (χ1n) is 5.65. The van der Waals surface area contributed by atoms with E-state index in [-0.39, 0.29) is 0 Å². The molecule has 0 radical (unpaired) electrons. The summed E-state index contributed by atoms with van der Waals surface area (Å²) >= 11 is 11.3. The minimum absolute atomic E-state index is 0.699. The topological polar surface area (TPSA) is 0 Å². The summed E-state index contributed by atoms with van der Waals surface area (Å²) in [6, 6.07) is 13.1. The summed E-state index contributed by atoms with van der Waals surface area (Å²) in [6.45, 7) is 0. The first-order chi connectivity index (χ1) is 8.86. The molecule has 3 rings (SSSR count). The van der Waals surface area contributed by atoms with Crippen LogP contribution in [0.15, 0.2) is 41.8 Å².